The molecule has 1 aliphatic carbocycles. The van der Waals surface area contributed by atoms with Gasteiger partial charge >= 0.3 is 5.82 Å². The van der Waals surface area contributed by atoms with Crippen molar-refractivity contribution in [1.29, 1.82) is 0 Å². The number of hydrogen-bond acceptors (Lipinski definition) is 3. The van der Waals surface area contributed by atoms with Gasteiger partial charge in [-0.05, 0) is 29.7 Å². The van der Waals surface area contributed by atoms with E-state index in [1.807, 2.05) is 0 Å². The molecule has 0 aromatic carbocycles. The fraction of sp³-hybridized carbons (Fsp3) is 0.500. The number of alkyl halides is 1. The molecule has 2 rings (SSSR count). The van der Waals surface area contributed by atoms with E-state index in [0.29, 0.717) is 12.5 Å². The number of aromatic nitrogens is 1. The van der Waals surface area contributed by atoms with Gasteiger partial charge in [0.2, 0.25) is 0 Å². The first-order valence-electron chi connectivity index (χ1n) is 5.33. The summed E-state index contributed by atoms with van der Waals surface area (Å²) in [6, 6.07) is 2.69. The van der Waals surface area contributed by atoms with E-state index >= 15 is 0 Å². The second-order valence-corrected chi connectivity index (χ2v) is 5.25. The number of rotatable bonds is 5. The maximum Gasteiger partial charge on any atom is 0.321 e. The van der Waals surface area contributed by atoms with Crippen molar-refractivity contribution in [3.63, 3.8) is 0 Å². The van der Waals surface area contributed by atoms with Crippen molar-refractivity contribution >= 4 is 27.7 Å². The quantitative estimate of drug-likeness (QED) is 0.494. The molecular weight excluding hydrogens is 290 g/mol. The van der Waals surface area contributed by atoms with E-state index in [1.54, 1.807) is 0 Å². The van der Waals surface area contributed by atoms with Crippen molar-refractivity contribution in [3.8, 4) is 0 Å². The Labute approximate surface area is 106 Å². The summed E-state index contributed by atoms with van der Waals surface area (Å²) >= 11 is 3.50. The lowest BCUT2D eigenvalue weighted by molar-refractivity contribution is -0.389. The molecule has 1 amide bonds. The molecular formula is C10H12BrN3O3. The van der Waals surface area contributed by atoms with Crippen molar-refractivity contribution < 1.29 is 9.72 Å². The molecule has 0 aliphatic heterocycles. The third kappa shape index (κ3) is 3.06. The number of carbonyl (C=O) groups excluding carboxylic acids is 1. The first-order valence-corrected chi connectivity index (χ1v) is 6.25. The Hall–Kier alpha value is -1.37. The van der Waals surface area contributed by atoms with Crippen molar-refractivity contribution in [3.05, 3.63) is 27.9 Å². The fourth-order valence-electron chi connectivity index (χ4n) is 1.53. The van der Waals surface area contributed by atoms with E-state index in [0.717, 1.165) is 0 Å². The van der Waals surface area contributed by atoms with Crippen LogP contribution in [0.4, 0.5) is 5.82 Å². The molecule has 1 aromatic heterocycles. The van der Waals surface area contributed by atoms with Crippen LogP contribution >= 0.6 is 15.9 Å². The lowest BCUT2D eigenvalue weighted by atomic mass is 10.3. The third-order valence-electron chi connectivity index (χ3n) is 2.70. The molecule has 1 fully saturated rings. The smallest absolute Gasteiger partial charge is 0.321 e. The second-order valence-electron chi connectivity index (χ2n) is 4.08. The molecule has 17 heavy (non-hydrogen) atoms. The monoisotopic (exact) mass is 301 g/mol. The SMILES string of the molecule is O=C(NCC(Br)C1CC1)c1ccc([N+](=O)[O-])[nH]1. The fourth-order valence-corrected chi connectivity index (χ4v) is 2.22. The van der Waals surface area contributed by atoms with Gasteiger partial charge in [-0.15, -0.1) is 0 Å². The Morgan fingerprint density at radius 2 is 2.35 bits per heavy atom. The highest BCUT2D eigenvalue weighted by atomic mass is 79.9. The number of nitrogens with one attached hydrogen (secondary N) is 2. The van der Waals surface area contributed by atoms with Gasteiger partial charge in [0.1, 0.15) is 0 Å². The van der Waals surface area contributed by atoms with E-state index in [9.17, 15) is 14.9 Å². The zero-order valence-electron chi connectivity index (χ0n) is 8.98. The summed E-state index contributed by atoms with van der Waals surface area (Å²) in [5.41, 5.74) is 0.215. The standard InChI is InChI=1S/C10H12BrN3O3/c11-7(6-1-2-6)5-12-10(15)8-3-4-9(13-8)14(16)17/h3-4,6-7,13H,1-2,5H2,(H,12,15). The summed E-state index contributed by atoms with van der Waals surface area (Å²) in [6.07, 6.45) is 2.39. The zero-order chi connectivity index (χ0) is 12.4. The summed E-state index contributed by atoms with van der Waals surface area (Å²) in [5, 5.41) is 13.2. The summed E-state index contributed by atoms with van der Waals surface area (Å²) in [5.74, 6) is 0.157. The molecule has 1 aliphatic rings. The lowest BCUT2D eigenvalue weighted by Crippen LogP contribution is -2.30. The zero-order valence-corrected chi connectivity index (χ0v) is 10.6. The van der Waals surface area contributed by atoms with E-state index in [-0.39, 0.29) is 22.2 Å². The Morgan fingerprint density at radius 1 is 1.65 bits per heavy atom. The van der Waals surface area contributed by atoms with Crippen LogP contribution < -0.4 is 5.32 Å². The molecule has 6 nitrogen and oxygen atoms in total. The average Bonchev–Trinajstić information content (AvgIpc) is 3.02. The number of amides is 1. The average molecular weight is 302 g/mol. The van der Waals surface area contributed by atoms with Crippen LogP contribution in [0.25, 0.3) is 0 Å². The van der Waals surface area contributed by atoms with Crippen LogP contribution in [0.3, 0.4) is 0 Å². The topological polar surface area (TPSA) is 88.0 Å². The molecule has 7 heteroatoms. The summed E-state index contributed by atoms with van der Waals surface area (Å²) < 4.78 is 0. The second kappa shape index (κ2) is 4.87. The van der Waals surface area contributed by atoms with Crippen molar-refractivity contribution in [2.24, 2.45) is 5.92 Å². The van der Waals surface area contributed by atoms with E-state index < -0.39 is 4.92 Å². The van der Waals surface area contributed by atoms with E-state index in [2.05, 4.69) is 26.2 Å². The van der Waals surface area contributed by atoms with Crippen LogP contribution in [0.1, 0.15) is 23.3 Å². The number of hydrogen-bond donors (Lipinski definition) is 2. The lowest BCUT2D eigenvalue weighted by Gasteiger charge is -2.08. The molecule has 0 spiro atoms. The molecule has 0 radical (unpaired) electrons. The van der Waals surface area contributed by atoms with Crippen LogP contribution in [0.15, 0.2) is 12.1 Å². The van der Waals surface area contributed by atoms with Crippen molar-refractivity contribution in [1.82, 2.24) is 10.3 Å². The minimum Gasteiger partial charge on any atom is -0.358 e. The molecule has 1 heterocycles. The highest BCUT2D eigenvalue weighted by molar-refractivity contribution is 9.09. The Morgan fingerprint density at radius 3 is 2.88 bits per heavy atom. The van der Waals surface area contributed by atoms with Gasteiger partial charge in [0, 0.05) is 17.4 Å². The van der Waals surface area contributed by atoms with Crippen LogP contribution in [0, 0.1) is 16.0 Å². The predicted octanol–water partition coefficient (Wildman–Crippen LogP) is 1.83. The van der Waals surface area contributed by atoms with Crippen LogP contribution in [0.5, 0.6) is 0 Å². The first-order chi connectivity index (χ1) is 8.08. The van der Waals surface area contributed by atoms with Gasteiger partial charge < -0.3 is 15.4 Å². The van der Waals surface area contributed by atoms with E-state index in [1.165, 1.54) is 25.0 Å². The summed E-state index contributed by atoms with van der Waals surface area (Å²) in [7, 11) is 0. The number of aromatic amines is 1. The summed E-state index contributed by atoms with van der Waals surface area (Å²) in [4.78, 5) is 24.3. The normalized spacial score (nSPS) is 16.5. The molecule has 0 saturated heterocycles. The molecule has 0 bridgehead atoms. The van der Waals surface area contributed by atoms with Crippen LogP contribution in [-0.4, -0.2) is 27.2 Å². The van der Waals surface area contributed by atoms with Gasteiger partial charge in [0.25, 0.3) is 5.91 Å². The molecule has 1 saturated carbocycles. The number of nitro groups is 1. The Bertz CT molecular complexity index is 442. The third-order valence-corrected chi connectivity index (χ3v) is 3.77. The van der Waals surface area contributed by atoms with Gasteiger partial charge in [-0.25, -0.2) is 4.98 Å². The molecule has 2 N–H and O–H groups in total. The molecule has 1 unspecified atom stereocenters. The first kappa shape index (κ1) is 12.1. The highest BCUT2D eigenvalue weighted by Gasteiger charge is 2.29. The van der Waals surface area contributed by atoms with Gasteiger partial charge in [0.15, 0.2) is 5.69 Å². The largest absolute Gasteiger partial charge is 0.358 e. The van der Waals surface area contributed by atoms with Gasteiger partial charge in [0.05, 0.1) is 0 Å². The predicted molar refractivity (Wildman–Crippen MR) is 65.2 cm³/mol. The number of halogens is 1. The Balaban J connectivity index is 1.87. The minimum absolute atomic E-state index is 0.173. The number of H-pyrrole nitrogens is 1. The molecule has 92 valence electrons. The Kier molecular flexibility index (Phi) is 3.46. The van der Waals surface area contributed by atoms with Gasteiger partial charge in [-0.2, -0.15) is 0 Å². The maximum atomic E-state index is 11.6. The van der Waals surface area contributed by atoms with Crippen LogP contribution in [0.2, 0.25) is 0 Å². The molecule has 1 atom stereocenters. The van der Waals surface area contributed by atoms with Crippen molar-refractivity contribution in [2.75, 3.05) is 6.54 Å². The van der Waals surface area contributed by atoms with Crippen molar-refractivity contribution in [2.45, 2.75) is 17.7 Å². The minimum atomic E-state index is -0.561. The maximum absolute atomic E-state index is 11.6. The molecule has 1 aromatic rings. The number of nitrogens with zero attached hydrogens (tertiary/aromatic N) is 1. The highest BCUT2D eigenvalue weighted by Crippen LogP contribution is 2.36. The van der Waals surface area contributed by atoms with Gasteiger partial charge in [-0.1, -0.05) is 15.9 Å². The van der Waals surface area contributed by atoms with Crippen LogP contribution in [-0.2, 0) is 0 Å². The van der Waals surface area contributed by atoms with E-state index in [4.69, 9.17) is 0 Å². The number of carbonyl (C=O) groups is 1. The van der Waals surface area contributed by atoms with Gasteiger partial charge in [-0.3, -0.25) is 4.79 Å². The summed E-state index contributed by atoms with van der Waals surface area (Å²) in [6.45, 7) is 0.538.